The van der Waals surface area contributed by atoms with Crippen molar-refractivity contribution in [1.29, 1.82) is 0 Å². The molecule has 2 nitrogen and oxygen atoms in total. The van der Waals surface area contributed by atoms with Gasteiger partial charge in [-0.1, -0.05) is 19.9 Å². The molecule has 1 rings (SSSR count). The molecule has 1 atom stereocenters. The minimum Gasteiger partial charge on any atom is -0.405 e. The van der Waals surface area contributed by atoms with E-state index in [1.807, 2.05) is 0 Å². The zero-order chi connectivity index (χ0) is 16.0. The lowest BCUT2D eigenvalue weighted by Gasteiger charge is -2.16. The van der Waals surface area contributed by atoms with E-state index in [1.54, 1.807) is 12.1 Å². The Kier molecular flexibility index (Phi) is 7.00. The molecule has 120 valence electrons. The second kappa shape index (κ2) is 8.03. The van der Waals surface area contributed by atoms with Crippen LogP contribution < -0.4 is 10.1 Å². The lowest BCUT2D eigenvalue weighted by Crippen LogP contribution is -2.25. The van der Waals surface area contributed by atoms with Gasteiger partial charge in [0, 0.05) is 12.6 Å². The molecule has 0 amide bonds. The number of ether oxygens (including phenoxy) is 1. The summed E-state index contributed by atoms with van der Waals surface area (Å²) in [6.07, 6.45) is -2.45. The summed E-state index contributed by atoms with van der Waals surface area (Å²) in [4.78, 5) is 0. The van der Waals surface area contributed by atoms with Crippen molar-refractivity contribution < 1.29 is 17.9 Å². The van der Waals surface area contributed by atoms with Crippen molar-refractivity contribution in [2.24, 2.45) is 5.92 Å². The number of benzene rings is 1. The highest BCUT2D eigenvalue weighted by atomic mass is 79.9. The molecule has 0 aromatic heterocycles. The number of hydrogen-bond acceptors (Lipinski definition) is 2. The van der Waals surface area contributed by atoms with Gasteiger partial charge in [-0.25, -0.2) is 0 Å². The van der Waals surface area contributed by atoms with Gasteiger partial charge in [-0.2, -0.15) is 0 Å². The molecule has 1 aromatic carbocycles. The fourth-order valence-corrected chi connectivity index (χ4v) is 2.35. The smallest absolute Gasteiger partial charge is 0.405 e. The maximum atomic E-state index is 12.2. The topological polar surface area (TPSA) is 21.3 Å². The van der Waals surface area contributed by atoms with Gasteiger partial charge >= 0.3 is 6.36 Å². The Hall–Kier alpha value is -0.750. The van der Waals surface area contributed by atoms with E-state index < -0.39 is 6.36 Å². The summed E-state index contributed by atoms with van der Waals surface area (Å²) in [5.41, 5.74) is 0.910. The monoisotopic (exact) mass is 367 g/mol. The molecule has 0 fully saturated rings. The van der Waals surface area contributed by atoms with E-state index in [-0.39, 0.29) is 5.75 Å². The van der Waals surface area contributed by atoms with Crippen LogP contribution in [0.4, 0.5) is 13.2 Å². The van der Waals surface area contributed by atoms with Crippen molar-refractivity contribution in [1.82, 2.24) is 5.32 Å². The number of rotatable bonds is 7. The van der Waals surface area contributed by atoms with Crippen molar-refractivity contribution in [3.63, 3.8) is 0 Å². The Morgan fingerprint density at radius 3 is 2.38 bits per heavy atom. The Labute approximate surface area is 132 Å². The summed E-state index contributed by atoms with van der Waals surface area (Å²) in [5, 5.41) is 3.37. The molecule has 0 radical (unpaired) electrons. The summed E-state index contributed by atoms with van der Waals surface area (Å²) >= 11 is 3.10. The van der Waals surface area contributed by atoms with Crippen LogP contribution in [0, 0.1) is 5.92 Å². The van der Waals surface area contributed by atoms with Crippen LogP contribution in [0.5, 0.6) is 5.75 Å². The Bertz CT molecular complexity index is 449. The van der Waals surface area contributed by atoms with Crippen molar-refractivity contribution in [3.8, 4) is 5.75 Å². The minimum absolute atomic E-state index is 0.223. The van der Waals surface area contributed by atoms with Crippen LogP contribution >= 0.6 is 15.9 Å². The highest BCUT2D eigenvalue weighted by molar-refractivity contribution is 9.10. The molecule has 0 aliphatic carbocycles. The first-order valence-electron chi connectivity index (χ1n) is 6.95. The second-order valence-corrected chi connectivity index (χ2v) is 6.42. The first-order chi connectivity index (χ1) is 9.67. The van der Waals surface area contributed by atoms with Gasteiger partial charge in [0.05, 0.1) is 4.47 Å². The molecule has 0 aliphatic rings. The largest absolute Gasteiger partial charge is 0.573 e. The molecule has 1 unspecified atom stereocenters. The maximum Gasteiger partial charge on any atom is 0.573 e. The predicted molar refractivity (Wildman–Crippen MR) is 81.2 cm³/mol. The highest BCUT2D eigenvalue weighted by Crippen LogP contribution is 2.31. The number of hydrogen-bond donors (Lipinski definition) is 1. The van der Waals surface area contributed by atoms with Gasteiger partial charge in [0.25, 0.3) is 0 Å². The first-order valence-corrected chi connectivity index (χ1v) is 7.74. The van der Waals surface area contributed by atoms with E-state index in [0.717, 1.165) is 18.4 Å². The number of alkyl halides is 3. The van der Waals surface area contributed by atoms with Crippen LogP contribution in [-0.4, -0.2) is 12.4 Å². The molecule has 0 heterocycles. The van der Waals surface area contributed by atoms with Crippen LogP contribution in [0.1, 0.15) is 39.2 Å². The third kappa shape index (κ3) is 7.71. The van der Waals surface area contributed by atoms with Crippen molar-refractivity contribution in [2.45, 2.75) is 52.6 Å². The van der Waals surface area contributed by atoms with Crippen LogP contribution in [0.3, 0.4) is 0 Å². The average Bonchev–Trinajstić information content (AvgIpc) is 2.35. The van der Waals surface area contributed by atoms with Crippen LogP contribution in [-0.2, 0) is 6.54 Å². The minimum atomic E-state index is -4.67. The summed E-state index contributed by atoms with van der Waals surface area (Å²) < 4.78 is 40.7. The number of nitrogens with one attached hydrogen (secondary N) is 1. The quantitative estimate of drug-likeness (QED) is 0.709. The SMILES string of the molecule is CC(C)CCC(C)NCc1ccc(OC(F)(F)F)c(Br)c1. The molecular weight excluding hydrogens is 347 g/mol. The van der Waals surface area contributed by atoms with Crippen molar-refractivity contribution >= 4 is 15.9 Å². The molecule has 1 N–H and O–H groups in total. The number of halogens is 4. The molecule has 0 saturated carbocycles. The average molecular weight is 368 g/mol. The molecule has 1 aromatic rings. The Morgan fingerprint density at radius 2 is 1.86 bits per heavy atom. The molecule has 6 heteroatoms. The standard InChI is InChI=1S/C15H21BrF3NO/c1-10(2)4-5-11(3)20-9-12-6-7-14(13(16)8-12)21-15(17,18)19/h6-8,10-11,20H,4-5,9H2,1-3H3. The van der Waals surface area contributed by atoms with Gasteiger partial charge in [-0.15, -0.1) is 13.2 Å². The summed E-state index contributed by atoms with van der Waals surface area (Å²) in [7, 11) is 0. The van der Waals surface area contributed by atoms with Crippen LogP contribution in [0.25, 0.3) is 0 Å². The van der Waals surface area contributed by atoms with E-state index in [2.05, 4.69) is 46.8 Å². The van der Waals surface area contributed by atoms with Gasteiger partial charge in [-0.05, 0) is 59.3 Å². The maximum absolute atomic E-state index is 12.2. The van der Waals surface area contributed by atoms with E-state index in [9.17, 15) is 13.2 Å². The lowest BCUT2D eigenvalue weighted by atomic mass is 10.0. The zero-order valence-electron chi connectivity index (χ0n) is 12.4. The second-order valence-electron chi connectivity index (χ2n) is 5.57. The van der Waals surface area contributed by atoms with Gasteiger partial charge in [0.15, 0.2) is 0 Å². The molecular formula is C15H21BrF3NO. The molecule has 0 aliphatic heterocycles. The molecule has 0 bridgehead atoms. The van der Waals surface area contributed by atoms with E-state index in [4.69, 9.17) is 0 Å². The van der Waals surface area contributed by atoms with Crippen LogP contribution in [0.2, 0.25) is 0 Å². The Morgan fingerprint density at radius 1 is 1.19 bits per heavy atom. The van der Waals surface area contributed by atoms with E-state index in [1.165, 1.54) is 6.07 Å². The van der Waals surface area contributed by atoms with Crippen molar-refractivity contribution in [3.05, 3.63) is 28.2 Å². The van der Waals surface area contributed by atoms with Crippen molar-refractivity contribution in [2.75, 3.05) is 0 Å². The highest BCUT2D eigenvalue weighted by Gasteiger charge is 2.31. The van der Waals surface area contributed by atoms with Gasteiger partial charge < -0.3 is 10.1 Å². The van der Waals surface area contributed by atoms with Crippen LogP contribution in [0.15, 0.2) is 22.7 Å². The van der Waals surface area contributed by atoms with Gasteiger partial charge in [0.2, 0.25) is 0 Å². The predicted octanol–water partition coefficient (Wildman–Crippen LogP) is 5.26. The van der Waals surface area contributed by atoms with E-state index >= 15 is 0 Å². The van der Waals surface area contributed by atoms with E-state index in [0.29, 0.717) is 23.0 Å². The van der Waals surface area contributed by atoms with Gasteiger partial charge in [0.1, 0.15) is 5.75 Å². The molecule has 0 saturated heterocycles. The summed E-state index contributed by atoms with van der Waals surface area (Å²) in [5.74, 6) is 0.446. The lowest BCUT2D eigenvalue weighted by molar-refractivity contribution is -0.274. The molecule has 0 spiro atoms. The zero-order valence-corrected chi connectivity index (χ0v) is 14.0. The summed E-state index contributed by atoms with van der Waals surface area (Å²) in [6.45, 7) is 7.09. The fraction of sp³-hybridized carbons (Fsp3) is 0.600. The fourth-order valence-electron chi connectivity index (χ4n) is 1.84. The Balaban J connectivity index is 2.52. The first kappa shape index (κ1) is 18.3. The normalized spacial score (nSPS) is 13.5. The summed E-state index contributed by atoms with van der Waals surface area (Å²) in [6, 6.07) is 4.97. The third-order valence-electron chi connectivity index (χ3n) is 3.05. The molecule has 21 heavy (non-hydrogen) atoms. The van der Waals surface area contributed by atoms with Gasteiger partial charge in [-0.3, -0.25) is 0 Å². The third-order valence-corrected chi connectivity index (χ3v) is 3.67.